The van der Waals surface area contributed by atoms with Gasteiger partial charge in [-0.2, -0.15) is 0 Å². The fourth-order valence-electron chi connectivity index (χ4n) is 2.83. The lowest BCUT2D eigenvalue weighted by Gasteiger charge is -2.13. The maximum absolute atomic E-state index is 12.7. The second-order valence-corrected chi connectivity index (χ2v) is 6.09. The smallest absolute Gasteiger partial charge is 0.255 e. The summed E-state index contributed by atoms with van der Waals surface area (Å²) in [5, 5.41) is 6.15. The number of anilines is 3. The summed E-state index contributed by atoms with van der Waals surface area (Å²) in [5.41, 5.74) is 3.18. The first-order valence-electron chi connectivity index (χ1n) is 8.99. The fourth-order valence-corrected chi connectivity index (χ4v) is 2.83. The highest BCUT2D eigenvalue weighted by Crippen LogP contribution is 2.29. The lowest BCUT2D eigenvalue weighted by atomic mass is 10.1. The molecule has 0 aliphatic carbocycles. The average Bonchev–Trinajstić information content (AvgIpc) is 2.74. The van der Waals surface area contributed by atoms with Gasteiger partial charge in [-0.3, -0.25) is 4.79 Å². The molecule has 2 aromatic carbocycles. The van der Waals surface area contributed by atoms with E-state index in [-0.39, 0.29) is 5.91 Å². The second-order valence-electron chi connectivity index (χ2n) is 6.09. The van der Waals surface area contributed by atoms with Crippen LogP contribution in [0, 0.1) is 0 Å². The third-order valence-electron chi connectivity index (χ3n) is 4.34. The standard InChI is InChI=1S/C22H23N3O3/c1-4-15-7-5-6-8-18(15)24-21-13-16(11-12-23-21)22(26)25-19-14-17(27-2)9-10-20(19)28-3/h5-14H,4H2,1-3H3,(H,23,24)(H,25,26). The summed E-state index contributed by atoms with van der Waals surface area (Å²) < 4.78 is 10.5. The van der Waals surface area contributed by atoms with Gasteiger partial charge in [0.2, 0.25) is 0 Å². The molecular weight excluding hydrogens is 354 g/mol. The topological polar surface area (TPSA) is 72.5 Å². The highest BCUT2D eigenvalue weighted by atomic mass is 16.5. The van der Waals surface area contributed by atoms with Crippen molar-refractivity contribution in [1.82, 2.24) is 4.98 Å². The van der Waals surface area contributed by atoms with E-state index in [0.29, 0.717) is 28.6 Å². The first-order chi connectivity index (χ1) is 13.6. The number of hydrogen-bond donors (Lipinski definition) is 2. The van der Waals surface area contributed by atoms with Crippen molar-refractivity contribution >= 4 is 23.1 Å². The zero-order valence-electron chi connectivity index (χ0n) is 16.2. The summed E-state index contributed by atoms with van der Waals surface area (Å²) in [7, 11) is 3.12. The van der Waals surface area contributed by atoms with Crippen molar-refractivity contribution in [2.75, 3.05) is 24.9 Å². The Morgan fingerprint density at radius 1 is 1.00 bits per heavy atom. The Morgan fingerprint density at radius 3 is 2.57 bits per heavy atom. The Bertz CT molecular complexity index is 973. The summed E-state index contributed by atoms with van der Waals surface area (Å²) in [4.78, 5) is 17.1. The van der Waals surface area contributed by atoms with Crippen LogP contribution in [0.5, 0.6) is 11.5 Å². The Kier molecular flexibility index (Phi) is 6.11. The number of benzene rings is 2. The third-order valence-corrected chi connectivity index (χ3v) is 4.34. The molecule has 0 saturated carbocycles. The molecule has 0 aliphatic heterocycles. The van der Waals surface area contributed by atoms with Crippen LogP contribution in [0.4, 0.5) is 17.2 Å². The van der Waals surface area contributed by atoms with Crippen LogP contribution >= 0.6 is 0 Å². The number of carbonyl (C=O) groups excluding carboxylic acids is 1. The highest BCUT2D eigenvalue weighted by Gasteiger charge is 2.12. The zero-order valence-corrected chi connectivity index (χ0v) is 16.2. The molecule has 0 aliphatic rings. The first kappa shape index (κ1) is 19.2. The number of pyridine rings is 1. The number of carbonyl (C=O) groups is 1. The van der Waals surface area contributed by atoms with Crippen molar-refractivity contribution in [3.63, 3.8) is 0 Å². The van der Waals surface area contributed by atoms with Crippen LogP contribution in [-0.4, -0.2) is 25.1 Å². The average molecular weight is 377 g/mol. The lowest BCUT2D eigenvalue weighted by molar-refractivity contribution is 0.102. The van der Waals surface area contributed by atoms with Gasteiger partial charge < -0.3 is 20.1 Å². The van der Waals surface area contributed by atoms with Gasteiger partial charge in [-0.25, -0.2) is 4.98 Å². The summed E-state index contributed by atoms with van der Waals surface area (Å²) in [6, 6.07) is 16.6. The molecule has 1 heterocycles. The van der Waals surface area contributed by atoms with Crippen molar-refractivity contribution in [3.8, 4) is 11.5 Å². The quantitative estimate of drug-likeness (QED) is 0.627. The second kappa shape index (κ2) is 8.90. The number of aryl methyl sites for hydroxylation is 1. The highest BCUT2D eigenvalue weighted by molar-refractivity contribution is 6.05. The fraction of sp³-hybridized carbons (Fsp3) is 0.182. The van der Waals surface area contributed by atoms with Gasteiger partial charge in [-0.15, -0.1) is 0 Å². The monoisotopic (exact) mass is 377 g/mol. The van der Waals surface area contributed by atoms with E-state index in [4.69, 9.17) is 9.47 Å². The van der Waals surface area contributed by atoms with Gasteiger partial charge in [0, 0.05) is 23.5 Å². The Hall–Kier alpha value is -3.54. The summed E-state index contributed by atoms with van der Waals surface area (Å²) in [6.07, 6.45) is 2.51. The molecule has 1 aromatic heterocycles. The molecule has 1 amide bonds. The normalized spacial score (nSPS) is 10.2. The third kappa shape index (κ3) is 4.40. The number of rotatable bonds is 7. The first-order valence-corrected chi connectivity index (χ1v) is 8.99. The van der Waals surface area contributed by atoms with Gasteiger partial charge in [-0.1, -0.05) is 25.1 Å². The van der Waals surface area contributed by atoms with E-state index in [2.05, 4.69) is 28.6 Å². The number of aromatic nitrogens is 1. The SMILES string of the molecule is CCc1ccccc1Nc1cc(C(=O)Nc2cc(OC)ccc2OC)ccn1. The van der Waals surface area contributed by atoms with Crippen LogP contribution in [0.15, 0.2) is 60.8 Å². The van der Waals surface area contributed by atoms with Crippen LogP contribution < -0.4 is 20.1 Å². The van der Waals surface area contributed by atoms with Crippen molar-refractivity contribution in [2.24, 2.45) is 0 Å². The van der Waals surface area contributed by atoms with Gasteiger partial charge in [0.05, 0.1) is 19.9 Å². The summed E-state index contributed by atoms with van der Waals surface area (Å²) >= 11 is 0. The molecule has 28 heavy (non-hydrogen) atoms. The molecule has 0 saturated heterocycles. The molecular formula is C22H23N3O3. The van der Waals surface area contributed by atoms with E-state index in [9.17, 15) is 4.79 Å². The van der Waals surface area contributed by atoms with Gasteiger partial charge in [-0.05, 0) is 42.3 Å². The minimum absolute atomic E-state index is 0.263. The predicted molar refractivity (Wildman–Crippen MR) is 111 cm³/mol. The van der Waals surface area contributed by atoms with Crippen LogP contribution in [0.3, 0.4) is 0 Å². The number of nitrogens with zero attached hydrogens (tertiary/aromatic N) is 1. The Balaban J connectivity index is 1.81. The molecule has 0 atom stereocenters. The zero-order chi connectivity index (χ0) is 19.9. The van der Waals surface area contributed by atoms with E-state index >= 15 is 0 Å². The number of ether oxygens (including phenoxy) is 2. The van der Waals surface area contributed by atoms with Crippen molar-refractivity contribution in [3.05, 3.63) is 71.9 Å². The van der Waals surface area contributed by atoms with Gasteiger partial charge in [0.25, 0.3) is 5.91 Å². The predicted octanol–water partition coefficient (Wildman–Crippen LogP) is 4.66. The summed E-state index contributed by atoms with van der Waals surface area (Å²) in [6.45, 7) is 2.10. The number of amides is 1. The molecule has 6 heteroatoms. The van der Waals surface area contributed by atoms with Gasteiger partial charge in [0.15, 0.2) is 0 Å². The van der Waals surface area contributed by atoms with Crippen LogP contribution in [0.2, 0.25) is 0 Å². The minimum Gasteiger partial charge on any atom is -0.497 e. The van der Waals surface area contributed by atoms with E-state index in [1.165, 1.54) is 5.56 Å². The molecule has 2 N–H and O–H groups in total. The van der Waals surface area contributed by atoms with E-state index in [1.54, 1.807) is 50.7 Å². The molecule has 0 spiro atoms. The molecule has 0 unspecified atom stereocenters. The van der Waals surface area contributed by atoms with Crippen LogP contribution in [0.25, 0.3) is 0 Å². The van der Waals surface area contributed by atoms with E-state index < -0.39 is 0 Å². The molecule has 3 aromatic rings. The van der Waals surface area contributed by atoms with Gasteiger partial charge >= 0.3 is 0 Å². The largest absolute Gasteiger partial charge is 0.497 e. The van der Waals surface area contributed by atoms with E-state index in [0.717, 1.165) is 12.1 Å². The summed E-state index contributed by atoms with van der Waals surface area (Å²) in [5.74, 6) is 1.52. The Morgan fingerprint density at radius 2 is 1.82 bits per heavy atom. The van der Waals surface area contributed by atoms with Crippen LogP contribution in [0.1, 0.15) is 22.8 Å². The van der Waals surface area contributed by atoms with Crippen molar-refractivity contribution in [1.29, 1.82) is 0 Å². The van der Waals surface area contributed by atoms with Crippen LogP contribution in [-0.2, 0) is 6.42 Å². The lowest BCUT2D eigenvalue weighted by Crippen LogP contribution is -2.13. The molecule has 6 nitrogen and oxygen atoms in total. The number of nitrogens with one attached hydrogen (secondary N) is 2. The minimum atomic E-state index is -0.263. The van der Waals surface area contributed by atoms with Gasteiger partial charge in [0.1, 0.15) is 17.3 Å². The Labute approximate surface area is 164 Å². The molecule has 0 fully saturated rings. The number of para-hydroxylation sites is 1. The number of methoxy groups -OCH3 is 2. The molecule has 0 bridgehead atoms. The van der Waals surface area contributed by atoms with Crippen molar-refractivity contribution < 1.29 is 14.3 Å². The molecule has 144 valence electrons. The maximum Gasteiger partial charge on any atom is 0.255 e. The molecule has 3 rings (SSSR count). The van der Waals surface area contributed by atoms with Crippen molar-refractivity contribution in [2.45, 2.75) is 13.3 Å². The number of hydrogen-bond acceptors (Lipinski definition) is 5. The molecule has 0 radical (unpaired) electrons. The van der Waals surface area contributed by atoms with E-state index in [1.807, 2.05) is 18.2 Å². The maximum atomic E-state index is 12.7.